The van der Waals surface area contributed by atoms with Gasteiger partial charge < -0.3 is 11.1 Å². The first-order valence-corrected chi connectivity index (χ1v) is 8.48. The Hall–Kier alpha value is -1.11. The molecule has 0 aliphatic heterocycles. The van der Waals surface area contributed by atoms with Crippen LogP contribution in [0.4, 0.5) is 0 Å². The molecular formula is C14H23ClN2O3S. The minimum atomic E-state index is -3.40. The third-order valence-corrected chi connectivity index (χ3v) is 4.83. The van der Waals surface area contributed by atoms with Gasteiger partial charge >= 0.3 is 0 Å². The monoisotopic (exact) mass is 334 g/mol. The van der Waals surface area contributed by atoms with Gasteiger partial charge in [-0.1, -0.05) is 19.1 Å². The Bertz CT molecular complexity index is 547. The molecule has 0 heterocycles. The van der Waals surface area contributed by atoms with E-state index in [0.717, 1.165) is 12.8 Å². The summed E-state index contributed by atoms with van der Waals surface area (Å²) < 4.78 is 24.3. The average molecular weight is 335 g/mol. The second-order valence-electron chi connectivity index (χ2n) is 4.57. The smallest absolute Gasteiger partial charge is 0.252 e. The van der Waals surface area contributed by atoms with Gasteiger partial charge in [-0.3, -0.25) is 4.79 Å². The first-order chi connectivity index (χ1) is 9.53. The number of nitrogens with two attached hydrogens (primary N) is 1. The topological polar surface area (TPSA) is 89.3 Å². The maximum atomic E-state index is 12.1. The number of unbranched alkanes of at least 4 members (excludes halogenated alkanes) is 1. The number of sulfone groups is 1. The number of amides is 1. The van der Waals surface area contributed by atoms with Crippen molar-refractivity contribution in [2.45, 2.75) is 31.1 Å². The molecule has 1 aromatic rings. The first kappa shape index (κ1) is 19.9. The van der Waals surface area contributed by atoms with Crippen molar-refractivity contribution in [1.82, 2.24) is 5.32 Å². The van der Waals surface area contributed by atoms with Gasteiger partial charge in [0.2, 0.25) is 0 Å². The number of carbonyl (C=O) groups is 1. The van der Waals surface area contributed by atoms with Crippen molar-refractivity contribution < 1.29 is 13.2 Å². The number of carbonyl (C=O) groups excluding carboxylic acids is 1. The summed E-state index contributed by atoms with van der Waals surface area (Å²) in [5.41, 5.74) is 5.60. The minimum Gasteiger partial charge on any atom is -0.352 e. The Morgan fingerprint density at radius 1 is 1.24 bits per heavy atom. The number of rotatable bonds is 8. The Morgan fingerprint density at radius 3 is 2.52 bits per heavy atom. The number of nitrogens with one attached hydrogen (secondary N) is 1. The van der Waals surface area contributed by atoms with E-state index in [1.165, 1.54) is 6.07 Å². The quantitative estimate of drug-likeness (QED) is 0.709. The van der Waals surface area contributed by atoms with E-state index in [1.807, 2.05) is 0 Å². The van der Waals surface area contributed by atoms with Crippen molar-refractivity contribution in [3.05, 3.63) is 29.8 Å². The normalized spacial score (nSPS) is 10.8. The molecule has 0 atom stereocenters. The van der Waals surface area contributed by atoms with Gasteiger partial charge in [-0.05, 0) is 37.9 Å². The fourth-order valence-corrected chi connectivity index (χ4v) is 3.41. The summed E-state index contributed by atoms with van der Waals surface area (Å²) in [7, 11) is -3.40. The molecule has 0 saturated carbocycles. The molecule has 5 nitrogen and oxygen atoms in total. The largest absolute Gasteiger partial charge is 0.352 e. The lowest BCUT2D eigenvalue weighted by Crippen LogP contribution is -2.26. The molecule has 1 aromatic carbocycles. The van der Waals surface area contributed by atoms with E-state index in [9.17, 15) is 13.2 Å². The molecule has 1 rings (SSSR count). The second kappa shape index (κ2) is 9.76. The molecule has 0 aliphatic rings. The average Bonchev–Trinajstić information content (AvgIpc) is 2.43. The summed E-state index contributed by atoms with van der Waals surface area (Å²) in [6.07, 6.45) is 2.14. The van der Waals surface area contributed by atoms with Crippen LogP contribution < -0.4 is 11.1 Å². The lowest BCUT2D eigenvalue weighted by molar-refractivity contribution is 0.0949. The van der Waals surface area contributed by atoms with E-state index in [-0.39, 0.29) is 34.5 Å². The van der Waals surface area contributed by atoms with Crippen LogP contribution in [0.1, 0.15) is 36.5 Å². The molecule has 0 saturated heterocycles. The summed E-state index contributed by atoms with van der Waals surface area (Å²) in [5.74, 6) is -0.304. The number of halogens is 1. The van der Waals surface area contributed by atoms with Crippen LogP contribution in [0.25, 0.3) is 0 Å². The SMILES string of the molecule is CCCS(=O)(=O)c1ccccc1C(=O)NCCCCN.Cl. The van der Waals surface area contributed by atoms with E-state index < -0.39 is 9.84 Å². The lowest BCUT2D eigenvalue weighted by atomic mass is 10.2. The molecule has 0 unspecified atom stereocenters. The fourth-order valence-electron chi connectivity index (χ4n) is 1.87. The standard InChI is InChI=1S/C14H22N2O3S.ClH/c1-2-11-20(18,19)13-8-4-3-7-12(13)14(17)16-10-6-5-9-15;/h3-4,7-8H,2,5-6,9-11,15H2,1H3,(H,16,17);1H. The highest BCUT2D eigenvalue weighted by Crippen LogP contribution is 2.17. The van der Waals surface area contributed by atoms with Crippen LogP contribution in [0.5, 0.6) is 0 Å². The first-order valence-electron chi connectivity index (χ1n) is 6.83. The van der Waals surface area contributed by atoms with E-state index in [2.05, 4.69) is 5.32 Å². The van der Waals surface area contributed by atoms with Crippen molar-refractivity contribution in [2.24, 2.45) is 5.73 Å². The zero-order chi connectivity index (χ0) is 15.0. The van der Waals surface area contributed by atoms with Crippen LogP contribution in [0.3, 0.4) is 0 Å². The summed E-state index contributed by atoms with van der Waals surface area (Å²) in [5, 5.41) is 2.73. The number of hydrogen-bond donors (Lipinski definition) is 2. The number of hydrogen-bond acceptors (Lipinski definition) is 4. The molecule has 3 N–H and O–H groups in total. The van der Waals surface area contributed by atoms with Gasteiger partial charge in [0.15, 0.2) is 9.84 Å². The highest BCUT2D eigenvalue weighted by Gasteiger charge is 2.20. The van der Waals surface area contributed by atoms with Gasteiger partial charge in [0, 0.05) is 6.54 Å². The van der Waals surface area contributed by atoms with Crippen LogP contribution in [-0.4, -0.2) is 33.2 Å². The molecule has 0 aromatic heterocycles. The van der Waals surface area contributed by atoms with E-state index in [4.69, 9.17) is 5.73 Å². The third-order valence-electron chi connectivity index (χ3n) is 2.86. The Balaban J connectivity index is 0.00000400. The minimum absolute atomic E-state index is 0. The molecule has 0 spiro atoms. The summed E-state index contributed by atoms with van der Waals surface area (Å²) in [6.45, 7) is 2.88. The predicted molar refractivity (Wildman–Crippen MR) is 86.7 cm³/mol. The molecule has 0 radical (unpaired) electrons. The molecule has 0 fully saturated rings. The third kappa shape index (κ3) is 6.03. The maximum absolute atomic E-state index is 12.1. The van der Waals surface area contributed by atoms with Crippen molar-refractivity contribution >= 4 is 28.2 Å². The van der Waals surface area contributed by atoms with Gasteiger partial charge in [0.1, 0.15) is 0 Å². The van der Waals surface area contributed by atoms with Crippen LogP contribution in [0.15, 0.2) is 29.2 Å². The highest BCUT2D eigenvalue weighted by atomic mass is 35.5. The maximum Gasteiger partial charge on any atom is 0.252 e. The summed E-state index contributed by atoms with van der Waals surface area (Å²) >= 11 is 0. The zero-order valence-corrected chi connectivity index (χ0v) is 13.8. The van der Waals surface area contributed by atoms with Gasteiger partial charge in [0.05, 0.1) is 16.2 Å². The molecule has 21 heavy (non-hydrogen) atoms. The molecule has 0 aliphatic carbocycles. The van der Waals surface area contributed by atoms with Gasteiger partial charge in [-0.25, -0.2) is 8.42 Å². The van der Waals surface area contributed by atoms with Crippen LogP contribution in [-0.2, 0) is 9.84 Å². The zero-order valence-electron chi connectivity index (χ0n) is 12.2. The fraction of sp³-hybridized carbons (Fsp3) is 0.500. The van der Waals surface area contributed by atoms with Crippen LogP contribution in [0.2, 0.25) is 0 Å². The van der Waals surface area contributed by atoms with Crippen molar-refractivity contribution in [1.29, 1.82) is 0 Å². The van der Waals surface area contributed by atoms with Gasteiger partial charge in [-0.15, -0.1) is 12.4 Å². The Morgan fingerprint density at radius 2 is 1.90 bits per heavy atom. The molecular weight excluding hydrogens is 312 g/mol. The predicted octanol–water partition coefficient (Wildman–Crippen LogP) is 1.76. The van der Waals surface area contributed by atoms with Gasteiger partial charge in [-0.2, -0.15) is 0 Å². The second-order valence-corrected chi connectivity index (χ2v) is 6.64. The molecule has 0 bridgehead atoms. The van der Waals surface area contributed by atoms with Crippen LogP contribution >= 0.6 is 12.4 Å². The van der Waals surface area contributed by atoms with Gasteiger partial charge in [0.25, 0.3) is 5.91 Å². The Labute approximate surface area is 132 Å². The molecule has 7 heteroatoms. The van der Waals surface area contributed by atoms with E-state index >= 15 is 0 Å². The van der Waals surface area contributed by atoms with Crippen LogP contribution in [0, 0.1) is 0 Å². The van der Waals surface area contributed by atoms with Crippen molar-refractivity contribution in [2.75, 3.05) is 18.8 Å². The molecule has 1 amide bonds. The van der Waals surface area contributed by atoms with E-state index in [1.54, 1.807) is 25.1 Å². The highest BCUT2D eigenvalue weighted by molar-refractivity contribution is 7.91. The van der Waals surface area contributed by atoms with Crippen molar-refractivity contribution in [3.8, 4) is 0 Å². The summed E-state index contributed by atoms with van der Waals surface area (Å²) in [4.78, 5) is 12.2. The summed E-state index contributed by atoms with van der Waals surface area (Å²) in [6, 6.07) is 6.33. The van der Waals surface area contributed by atoms with E-state index in [0.29, 0.717) is 19.5 Å². The Kier molecular flexibility index (Phi) is 9.24. The lowest BCUT2D eigenvalue weighted by Gasteiger charge is -2.10. The number of benzene rings is 1. The molecule has 120 valence electrons. The van der Waals surface area contributed by atoms with Crippen molar-refractivity contribution in [3.63, 3.8) is 0 Å².